The van der Waals surface area contributed by atoms with Crippen molar-refractivity contribution in [3.05, 3.63) is 83.9 Å². The first-order valence-corrected chi connectivity index (χ1v) is 13.6. The van der Waals surface area contributed by atoms with E-state index in [4.69, 9.17) is 21.1 Å². The lowest BCUT2D eigenvalue weighted by Gasteiger charge is -2.17. The zero-order valence-electron chi connectivity index (χ0n) is 22.4. The Labute approximate surface area is 238 Å². The fourth-order valence-corrected chi connectivity index (χ4v) is 4.86. The van der Waals surface area contributed by atoms with Crippen LogP contribution >= 0.6 is 11.6 Å². The number of nitrogens with one attached hydrogen (secondary N) is 2. The van der Waals surface area contributed by atoms with Gasteiger partial charge < -0.3 is 20.1 Å². The number of carbonyl (C=O) groups excluding carboxylic acids is 1. The fourth-order valence-electron chi connectivity index (χ4n) is 4.63. The molecule has 4 aromatic rings. The van der Waals surface area contributed by atoms with Crippen molar-refractivity contribution >= 4 is 45.6 Å². The molecule has 1 saturated heterocycles. The quantitative estimate of drug-likeness (QED) is 0.229. The van der Waals surface area contributed by atoms with Crippen LogP contribution in [0.1, 0.15) is 25.5 Å². The molecule has 1 aliphatic heterocycles. The first kappa shape index (κ1) is 27.4. The van der Waals surface area contributed by atoms with Crippen molar-refractivity contribution in [2.24, 2.45) is 0 Å². The molecule has 1 atom stereocenters. The highest BCUT2D eigenvalue weighted by atomic mass is 35.5. The zero-order chi connectivity index (χ0) is 27.9. The number of benzene rings is 2. The highest BCUT2D eigenvalue weighted by Gasteiger charge is 2.19. The van der Waals surface area contributed by atoms with E-state index in [0.29, 0.717) is 57.8 Å². The molecule has 2 aromatic carbocycles. The van der Waals surface area contributed by atoms with Gasteiger partial charge in [-0.15, -0.1) is 0 Å². The highest BCUT2D eigenvalue weighted by Crippen LogP contribution is 2.38. The molecular weight excluding hydrogens is 528 g/mol. The van der Waals surface area contributed by atoms with Gasteiger partial charge in [0, 0.05) is 24.0 Å². The topological polar surface area (TPSA) is 102 Å². The molecule has 3 heterocycles. The number of hydrogen-bond acceptors (Lipinski definition) is 8. The Balaban J connectivity index is 1.37. The number of carbonyl (C=O) groups is 1. The highest BCUT2D eigenvalue weighted by molar-refractivity contribution is 6.32. The van der Waals surface area contributed by atoms with Crippen molar-refractivity contribution in [3.63, 3.8) is 0 Å². The van der Waals surface area contributed by atoms with Crippen molar-refractivity contribution < 1.29 is 14.3 Å². The van der Waals surface area contributed by atoms with Gasteiger partial charge in [0.25, 0.3) is 0 Å². The Hall–Kier alpha value is -4.21. The van der Waals surface area contributed by atoms with Gasteiger partial charge in [-0.1, -0.05) is 23.7 Å². The maximum absolute atomic E-state index is 12.8. The van der Waals surface area contributed by atoms with Gasteiger partial charge in [-0.05, 0) is 75.8 Å². The standard InChI is InChI=1S/C30H31ClN6O3/c1-3-39-29-25(36-27(38)14-10-22-8-6-16-37(22)2)12-11-24-28(29)30(34-19-33-24)35-20-9-13-26(23(31)17-20)40-18-21-7-4-5-15-32-21/h4-5,7,9-15,17,19,22H,3,6,8,16,18H2,1-2H3,(H,36,38)(H,33,34,35)/b14-10+/t22-/m1/s1. The summed E-state index contributed by atoms with van der Waals surface area (Å²) in [5, 5.41) is 7.37. The number of anilines is 3. The summed E-state index contributed by atoms with van der Waals surface area (Å²) in [5.74, 6) is 1.33. The minimum Gasteiger partial charge on any atom is -0.491 e. The number of aromatic nitrogens is 3. The Morgan fingerprint density at radius 1 is 1.15 bits per heavy atom. The van der Waals surface area contributed by atoms with Crippen LogP contribution in [0.15, 0.2) is 73.2 Å². The van der Waals surface area contributed by atoms with E-state index < -0.39 is 0 Å². The van der Waals surface area contributed by atoms with E-state index in [1.54, 1.807) is 30.5 Å². The summed E-state index contributed by atoms with van der Waals surface area (Å²) in [6.45, 7) is 3.63. The summed E-state index contributed by atoms with van der Waals surface area (Å²) in [4.78, 5) is 28.2. The van der Waals surface area contributed by atoms with Gasteiger partial charge in [-0.3, -0.25) is 14.7 Å². The largest absolute Gasteiger partial charge is 0.491 e. The van der Waals surface area contributed by atoms with E-state index in [1.165, 1.54) is 6.33 Å². The van der Waals surface area contributed by atoms with Gasteiger partial charge in [0.05, 0.1) is 33.9 Å². The number of likely N-dealkylation sites (N-methyl/N-ethyl adjacent to an activating group) is 1. The first-order valence-electron chi connectivity index (χ1n) is 13.2. The van der Waals surface area contributed by atoms with Crippen LogP contribution in [0, 0.1) is 0 Å². The summed E-state index contributed by atoms with van der Waals surface area (Å²) in [6, 6.07) is 15.0. The Morgan fingerprint density at radius 3 is 2.80 bits per heavy atom. The predicted molar refractivity (Wildman–Crippen MR) is 157 cm³/mol. The smallest absolute Gasteiger partial charge is 0.248 e. The minimum atomic E-state index is -0.222. The normalized spacial score (nSPS) is 15.4. The van der Waals surface area contributed by atoms with Crippen molar-refractivity contribution in [1.82, 2.24) is 19.9 Å². The number of rotatable bonds is 10. The van der Waals surface area contributed by atoms with Crippen molar-refractivity contribution in [2.45, 2.75) is 32.4 Å². The van der Waals surface area contributed by atoms with E-state index in [0.717, 1.165) is 25.1 Å². The van der Waals surface area contributed by atoms with Gasteiger partial charge in [-0.25, -0.2) is 9.97 Å². The molecule has 5 rings (SSSR count). The van der Waals surface area contributed by atoms with Crippen LogP contribution in [-0.2, 0) is 11.4 Å². The van der Waals surface area contributed by atoms with Gasteiger partial charge in [0.15, 0.2) is 5.75 Å². The number of fused-ring (bicyclic) bond motifs is 1. The van der Waals surface area contributed by atoms with Crippen LogP contribution in [0.5, 0.6) is 11.5 Å². The molecular formula is C30H31ClN6O3. The number of halogens is 1. The lowest BCUT2D eigenvalue weighted by Crippen LogP contribution is -2.23. The summed E-state index contributed by atoms with van der Waals surface area (Å²) in [5.41, 5.74) is 2.72. The second-order valence-electron chi connectivity index (χ2n) is 9.41. The number of amides is 1. The molecule has 1 aliphatic rings. The van der Waals surface area contributed by atoms with E-state index >= 15 is 0 Å². The van der Waals surface area contributed by atoms with Gasteiger partial charge in [-0.2, -0.15) is 0 Å². The summed E-state index contributed by atoms with van der Waals surface area (Å²) in [6.07, 6.45) is 8.92. The van der Waals surface area contributed by atoms with Crippen LogP contribution in [0.2, 0.25) is 5.02 Å². The second-order valence-corrected chi connectivity index (χ2v) is 9.82. The van der Waals surface area contributed by atoms with Gasteiger partial charge in [0.2, 0.25) is 5.91 Å². The first-order chi connectivity index (χ1) is 19.5. The molecule has 0 bridgehead atoms. The van der Waals surface area contributed by atoms with E-state index in [9.17, 15) is 4.79 Å². The lowest BCUT2D eigenvalue weighted by atomic mass is 10.1. The number of ether oxygens (including phenoxy) is 2. The molecule has 1 amide bonds. The number of likely N-dealkylation sites (tertiary alicyclic amines) is 1. The van der Waals surface area contributed by atoms with Crippen LogP contribution in [0.3, 0.4) is 0 Å². The third kappa shape index (κ3) is 6.50. The summed E-state index contributed by atoms with van der Waals surface area (Å²) >= 11 is 6.53. The Morgan fingerprint density at radius 2 is 2.05 bits per heavy atom. The van der Waals surface area contributed by atoms with Crippen LogP contribution in [0.4, 0.5) is 17.2 Å². The molecule has 0 radical (unpaired) electrons. The number of pyridine rings is 1. The third-order valence-electron chi connectivity index (χ3n) is 6.65. The van der Waals surface area contributed by atoms with Crippen molar-refractivity contribution in [2.75, 3.05) is 30.8 Å². The maximum atomic E-state index is 12.8. The second kappa shape index (κ2) is 12.8. The summed E-state index contributed by atoms with van der Waals surface area (Å²) in [7, 11) is 2.07. The molecule has 0 unspecified atom stereocenters. The number of nitrogens with zero attached hydrogens (tertiary/aromatic N) is 4. The fraction of sp³-hybridized carbons (Fsp3) is 0.267. The Bertz CT molecular complexity index is 1510. The van der Waals surface area contributed by atoms with Crippen LogP contribution in [-0.4, -0.2) is 52.0 Å². The summed E-state index contributed by atoms with van der Waals surface area (Å²) < 4.78 is 11.9. The van der Waals surface area contributed by atoms with E-state index in [1.807, 2.05) is 43.3 Å². The van der Waals surface area contributed by atoms with Crippen LogP contribution in [0.25, 0.3) is 10.9 Å². The van der Waals surface area contributed by atoms with Crippen molar-refractivity contribution in [1.29, 1.82) is 0 Å². The maximum Gasteiger partial charge on any atom is 0.248 e. The van der Waals surface area contributed by atoms with Crippen molar-refractivity contribution in [3.8, 4) is 11.5 Å². The molecule has 1 fully saturated rings. The van der Waals surface area contributed by atoms with E-state index in [-0.39, 0.29) is 11.9 Å². The minimum absolute atomic E-state index is 0.222. The monoisotopic (exact) mass is 558 g/mol. The third-order valence-corrected chi connectivity index (χ3v) is 6.94. The SMILES string of the molecule is CCOc1c(NC(=O)/C=C/[C@H]2CCCN2C)ccc2ncnc(Nc3ccc(OCc4ccccn4)c(Cl)c3)c12. The molecule has 40 heavy (non-hydrogen) atoms. The molecule has 2 N–H and O–H groups in total. The van der Waals surface area contributed by atoms with Gasteiger partial charge >= 0.3 is 0 Å². The van der Waals surface area contributed by atoms with Gasteiger partial charge in [0.1, 0.15) is 24.5 Å². The molecule has 2 aromatic heterocycles. The average Bonchev–Trinajstić information content (AvgIpc) is 3.38. The molecule has 0 spiro atoms. The number of hydrogen-bond donors (Lipinski definition) is 2. The lowest BCUT2D eigenvalue weighted by molar-refractivity contribution is -0.112. The average molecular weight is 559 g/mol. The van der Waals surface area contributed by atoms with Crippen LogP contribution < -0.4 is 20.1 Å². The molecule has 206 valence electrons. The molecule has 9 nitrogen and oxygen atoms in total. The molecule has 0 saturated carbocycles. The molecule has 0 aliphatic carbocycles. The Kier molecular flexibility index (Phi) is 8.73. The molecule has 10 heteroatoms. The van der Waals surface area contributed by atoms with E-state index in [2.05, 4.69) is 37.5 Å². The zero-order valence-corrected chi connectivity index (χ0v) is 23.2. The predicted octanol–water partition coefficient (Wildman–Crippen LogP) is 5.99.